The third kappa shape index (κ3) is 2.92. The number of thiazole rings is 1. The predicted molar refractivity (Wildman–Crippen MR) is 72.6 cm³/mol. The third-order valence-corrected chi connectivity index (χ3v) is 6.46. The van der Waals surface area contributed by atoms with Crippen molar-refractivity contribution in [3.63, 3.8) is 0 Å². The van der Waals surface area contributed by atoms with E-state index in [-0.39, 0.29) is 10.8 Å². The van der Waals surface area contributed by atoms with Crippen LogP contribution in [0, 0.1) is 0 Å². The molecule has 1 aliphatic rings. The van der Waals surface area contributed by atoms with Crippen LogP contribution < -0.4 is 0 Å². The maximum absolute atomic E-state index is 12.6. The van der Waals surface area contributed by atoms with Gasteiger partial charge in [-0.2, -0.15) is 4.31 Å². The molecule has 0 bridgehead atoms. The highest BCUT2D eigenvalue weighted by Gasteiger charge is 2.41. The summed E-state index contributed by atoms with van der Waals surface area (Å²) >= 11 is 0.726. The number of aromatic carboxylic acids is 1. The standard InChI is InChI=1S/C11H14N2O6S2/c1-19-10(16)7-4-2-3-5-13(7)21(17,18)11-8(9(14)15)12-6-20-11/h6-7H,2-5H2,1H3,(H,14,15). The second-order valence-electron chi connectivity index (χ2n) is 4.44. The van der Waals surface area contributed by atoms with Crippen LogP contribution in [0.3, 0.4) is 0 Å². The lowest BCUT2D eigenvalue weighted by Gasteiger charge is -2.32. The van der Waals surface area contributed by atoms with E-state index in [1.807, 2.05) is 0 Å². The molecule has 0 aliphatic carbocycles. The Kier molecular flexibility index (Phi) is 4.59. The molecule has 1 aromatic heterocycles. The van der Waals surface area contributed by atoms with E-state index >= 15 is 0 Å². The number of hydrogen-bond donors (Lipinski definition) is 1. The SMILES string of the molecule is COC(=O)C1CCCCN1S(=O)(=O)c1scnc1C(=O)O. The Labute approximate surface area is 125 Å². The quantitative estimate of drug-likeness (QED) is 0.800. The van der Waals surface area contributed by atoms with Gasteiger partial charge in [0.15, 0.2) is 9.90 Å². The molecule has 1 atom stereocenters. The molecule has 1 unspecified atom stereocenters. The maximum Gasteiger partial charge on any atom is 0.356 e. The molecule has 0 saturated carbocycles. The first kappa shape index (κ1) is 15.9. The zero-order valence-corrected chi connectivity index (χ0v) is 12.8. The molecule has 1 aliphatic heterocycles. The van der Waals surface area contributed by atoms with Crippen molar-refractivity contribution in [2.75, 3.05) is 13.7 Å². The molecule has 1 saturated heterocycles. The van der Waals surface area contributed by atoms with Gasteiger partial charge in [-0.1, -0.05) is 0 Å². The monoisotopic (exact) mass is 334 g/mol. The van der Waals surface area contributed by atoms with E-state index < -0.39 is 33.7 Å². The number of carboxylic acids is 1. The molecule has 0 aromatic carbocycles. The molecule has 1 fully saturated rings. The number of piperidine rings is 1. The van der Waals surface area contributed by atoms with Crippen molar-refractivity contribution in [1.29, 1.82) is 0 Å². The topological polar surface area (TPSA) is 114 Å². The van der Waals surface area contributed by atoms with E-state index in [1.54, 1.807) is 0 Å². The molecular formula is C11H14N2O6S2. The summed E-state index contributed by atoms with van der Waals surface area (Å²) in [6, 6.07) is -0.919. The number of esters is 1. The predicted octanol–water partition coefficient (Wildman–Crippen LogP) is 0.557. The van der Waals surface area contributed by atoms with E-state index in [0.717, 1.165) is 21.2 Å². The molecule has 2 heterocycles. The van der Waals surface area contributed by atoms with Crippen LogP contribution in [0.4, 0.5) is 0 Å². The highest BCUT2D eigenvalue weighted by Crippen LogP contribution is 2.30. The van der Waals surface area contributed by atoms with E-state index in [0.29, 0.717) is 19.3 Å². The highest BCUT2D eigenvalue weighted by atomic mass is 32.2. The van der Waals surface area contributed by atoms with Crippen molar-refractivity contribution in [2.45, 2.75) is 29.5 Å². The first-order valence-corrected chi connectivity index (χ1v) is 8.48. The summed E-state index contributed by atoms with van der Waals surface area (Å²) in [6.07, 6.45) is 1.67. The Morgan fingerprint density at radius 1 is 1.48 bits per heavy atom. The minimum atomic E-state index is -4.09. The third-order valence-electron chi connectivity index (χ3n) is 3.21. The lowest BCUT2D eigenvalue weighted by molar-refractivity contribution is -0.146. The number of carbonyl (C=O) groups excluding carboxylic acids is 1. The fraction of sp³-hybridized carbons (Fsp3) is 0.545. The van der Waals surface area contributed by atoms with E-state index in [9.17, 15) is 18.0 Å². The van der Waals surface area contributed by atoms with Gasteiger partial charge in [-0.15, -0.1) is 11.3 Å². The Bertz CT molecular complexity index is 653. The van der Waals surface area contributed by atoms with Crippen molar-refractivity contribution in [1.82, 2.24) is 9.29 Å². The van der Waals surface area contributed by atoms with Gasteiger partial charge in [-0.05, 0) is 19.3 Å². The summed E-state index contributed by atoms with van der Waals surface area (Å²) in [5.74, 6) is -2.05. The second kappa shape index (κ2) is 6.08. The minimum Gasteiger partial charge on any atom is -0.476 e. The Morgan fingerprint density at radius 2 is 2.19 bits per heavy atom. The van der Waals surface area contributed by atoms with Gasteiger partial charge in [0.25, 0.3) is 10.0 Å². The maximum atomic E-state index is 12.6. The summed E-state index contributed by atoms with van der Waals surface area (Å²) in [5, 5.41) is 9.01. The van der Waals surface area contributed by atoms with Crippen molar-refractivity contribution in [2.24, 2.45) is 0 Å². The smallest absolute Gasteiger partial charge is 0.356 e. The van der Waals surface area contributed by atoms with Crippen molar-refractivity contribution >= 4 is 33.3 Å². The fourth-order valence-corrected chi connectivity index (χ4v) is 5.13. The molecular weight excluding hydrogens is 320 g/mol. The second-order valence-corrected chi connectivity index (χ2v) is 7.38. The number of carbonyl (C=O) groups is 2. The molecule has 8 nitrogen and oxygen atoms in total. The number of nitrogens with zero attached hydrogens (tertiary/aromatic N) is 2. The van der Waals surface area contributed by atoms with Crippen molar-refractivity contribution < 1.29 is 27.9 Å². The number of methoxy groups -OCH3 is 1. The number of rotatable bonds is 4. The highest BCUT2D eigenvalue weighted by molar-refractivity contribution is 7.91. The van der Waals surface area contributed by atoms with Gasteiger partial charge in [0.2, 0.25) is 0 Å². The molecule has 21 heavy (non-hydrogen) atoms. The van der Waals surface area contributed by atoms with Gasteiger partial charge >= 0.3 is 11.9 Å². The molecule has 0 radical (unpaired) electrons. The Balaban J connectivity index is 2.43. The van der Waals surface area contributed by atoms with Crippen LogP contribution in [-0.4, -0.2) is 54.4 Å². The molecule has 0 amide bonds. The van der Waals surface area contributed by atoms with Crippen LogP contribution >= 0.6 is 11.3 Å². The van der Waals surface area contributed by atoms with Gasteiger partial charge in [0.1, 0.15) is 6.04 Å². The van der Waals surface area contributed by atoms with Gasteiger partial charge in [0.05, 0.1) is 12.6 Å². The van der Waals surface area contributed by atoms with Gasteiger partial charge in [-0.25, -0.2) is 18.2 Å². The van der Waals surface area contributed by atoms with Crippen LogP contribution in [0.2, 0.25) is 0 Å². The summed E-state index contributed by atoms with van der Waals surface area (Å²) in [6.45, 7) is 0.152. The summed E-state index contributed by atoms with van der Waals surface area (Å²) < 4.78 is 30.6. The van der Waals surface area contributed by atoms with Crippen LogP contribution in [0.1, 0.15) is 29.8 Å². The first-order chi connectivity index (χ1) is 9.89. The number of sulfonamides is 1. The number of carboxylic acid groups (broad SMARTS) is 1. The normalized spacial score (nSPS) is 20.1. The molecule has 116 valence electrons. The fourth-order valence-electron chi connectivity index (χ4n) is 2.23. The Hall–Kier alpha value is -1.52. The minimum absolute atomic E-state index is 0.152. The number of hydrogen-bond acceptors (Lipinski definition) is 7. The van der Waals surface area contributed by atoms with E-state index in [2.05, 4.69) is 9.72 Å². The average Bonchev–Trinajstić information content (AvgIpc) is 2.97. The van der Waals surface area contributed by atoms with Crippen LogP contribution in [0.15, 0.2) is 9.72 Å². The molecule has 2 rings (SSSR count). The van der Waals surface area contributed by atoms with Gasteiger partial charge < -0.3 is 9.84 Å². The van der Waals surface area contributed by atoms with Gasteiger partial charge in [0, 0.05) is 6.54 Å². The largest absolute Gasteiger partial charge is 0.476 e. The van der Waals surface area contributed by atoms with Crippen LogP contribution in [0.25, 0.3) is 0 Å². The summed E-state index contributed by atoms with van der Waals surface area (Å²) in [5.41, 5.74) is 0.641. The first-order valence-electron chi connectivity index (χ1n) is 6.16. The van der Waals surface area contributed by atoms with E-state index in [4.69, 9.17) is 5.11 Å². The van der Waals surface area contributed by atoms with Crippen LogP contribution in [-0.2, 0) is 19.6 Å². The summed E-state index contributed by atoms with van der Waals surface area (Å²) in [7, 11) is -2.90. The van der Waals surface area contributed by atoms with Gasteiger partial charge in [-0.3, -0.25) is 4.79 Å². The lowest BCUT2D eigenvalue weighted by Crippen LogP contribution is -2.48. The molecule has 10 heteroatoms. The number of ether oxygens (including phenoxy) is 1. The zero-order valence-electron chi connectivity index (χ0n) is 11.2. The molecule has 1 N–H and O–H groups in total. The average molecular weight is 334 g/mol. The van der Waals surface area contributed by atoms with Crippen molar-refractivity contribution in [3.05, 3.63) is 11.2 Å². The Morgan fingerprint density at radius 3 is 2.81 bits per heavy atom. The molecule has 1 aromatic rings. The van der Waals surface area contributed by atoms with Crippen LogP contribution in [0.5, 0.6) is 0 Å². The van der Waals surface area contributed by atoms with Crippen molar-refractivity contribution in [3.8, 4) is 0 Å². The zero-order chi connectivity index (χ0) is 15.6. The lowest BCUT2D eigenvalue weighted by atomic mass is 10.1. The van der Waals surface area contributed by atoms with E-state index in [1.165, 1.54) is 7.11 Å². The molecule has 0 spiro atoms. The number of aromatic nitrogens is 1. The summed E-state index contributed by atoms with van der Waals surface area (Å²) in [4.78, 5) is 26.4.